The highest BCUT2D eigenvalue weighted by molar-refractivity contribution is 5.59. The van der Waals surface area contributed by atoms with Gasteiger partial charge in [0, 0.05) is 64.7 Å². The van der Waals surface area contributed by atoms with Crippen LogP contribution in [0.2, 0.25) is 0 Å². The van der Waals surface area contributed by atoms with Crippen molar-refractivity contribution in [1.82, 2.24) is 24.5 Å². The second kappa shape index (κ2) is 12.1. The summed E-state index contributed by atoms with van der Waals surface area (Å²) in [6.07, 6.45) is 2.61. The topological polar surface area (TPSA) is 110 Å². The van der Waals surface area contributed by atoms with E-state index in [9.17, 15) is 0 Å². The molecule has 38 heavy (non-hydrogen) atoms. The fourth-order valence-corrected chi connectivity index (χ4v) is 4.67. The number of hydrogen-bond donors (Lipinski definition) is 1. The Morgan fingerprint density at radius 1 is 1.03 bits per heavy atom. The first-order valence-corrected chi connectivity index (χ1v) is 13.2. The Morgan fingerprint density at radius 3 is 2.55 bits per heavy atom. The van der Waals surface area contributed by atoms with Crippen molar-refractivity contribution in [3.8, 4) is 17.3 Å². The number of ether oxygens (including phenoxy) is 2. The molecule has 0 bridgehead atoms. The molecule has 1 fully saturated rings. The molecule has 1 aliphatic heterocycles. The number of nitrogens with two attached hydrogens (primary N) is 1. The van der Waals surface area contributed by atoms with Crippen LogP contribution in [0.3, 0.4) is 0 Å². The number of nitrogen functional groups attached to an aromatic ring is 1. The molecule has 0 aliphatic carbocycles. The Bertz CT molecular complexity index is 1280. The van der Waals surface area contributed by atoms with Crippen molar-refractivity contribution in [2.45, 2.75) is 13.3 Å². The minimum Gasteiger partial charge on any atom is -0.491 e. The number of fused-ring (bicyclic) bond motifs is 1. The summed E-state index contributed by atoms with van der Waals surface area (Å²) < 4.78 is 17.7. The van der Waals surface area contributed by atoms with E-state index < -0.39 is 0 Å². The molecule has 3 aromatic heterocycles. The maximum Gasteiger partial charge on any atom is 0.225 e. The van der Waals surface area contributed by atoms with E-state index in [1.807, 2.05) is 30.3 Å². The van der Waals surface area contributed by atoms with Gasteiger partial charge in [-0.3, -0.25) is 4.90 Å². The van der Waals surface area contributed by atoms with E-state index in [4.69, 9.17) is 19.6 Å². The molecule has 0 atom stereocenters. The molecule has 1 aromatic carbocycles. The largest absolute Gasteiger partial charge is 0.491 e. The van der Waals surface area contributed by atoms with E-state index >= 15 is 0 Å². The van der Waals surface area contributed by atoms with Crippen molar-refractivity contribution in [3.05, 3.63) is 48.7 Å². The third-order valence-corrected chi connectivity index (χ3v) is 6.71. The second-order valence-electron chi connectivity index (χ2n) is 9.31. The summed E-state index contributed by atoms with van der Waals surface area (Å²) in [5.41, 5.74) is 8.15. The molecule has 11 heteroatoms. The van der Waals surface area contributed by atoms with Crippen LogP contribution in [0, 0.1) is 0 Å². The van der Waals surface area contributed by atoms with Crippen molar-refractivity contribution in [2.75, 3.05) is 81.7 Å². The van der Waals surface area contributed by atoms with Crippen LogP contribution in [0.4, 0.5) is 17.5 Å². The van der Waals surface area contributed by atoms with Crippen LogP contribution < -0.4 is 20.3 Å². The van der Waals surface area contributed by atoms with E-state index in [-0.39, 0.29) is 0 Å². The second-order valence-corrected chi connectivity index (χ2v) is 9.31. The van der Waals surface area contributed by atoms with Gasteiger partial charge in [-0.15, -0.1) is 5.10 Å². The zero-order chi connectivity index (χ0) is 26.3. The van der Waals surface area contributed by atoms with Gasteiger partial charge in [-0.25, -0.2) is 4.98 Å². The maximum absolute atomic E-state index is 6.27. The lowest BCUT2D eigenvalue weighted by Crippen LogP contribution is -2.48. The molecular weight excluding hydrogens is 484 g/mol. The summed E-state index contributed by atoms with van der Waals surface area (Å²) in [4.78, 5) is 16.5. The van der Waals surface area contributed by atoms with Crippen molar-refractivity contribution < 1.29 is 13.9 Å². The number of aromatic nitrogens is 4. The minimum atomic E-state index is 0.313. The SMILES string of the molecule is CCCN(CCN1CCN(c2ccc(OCCOC)cc2)CC1)c1cc2nc(-c3ccco3)nn2c(N)n1. The fraction of sp³-hybridized carbons (Fsp3) is 0.444. The third-order valence-electron chi connectivity index (χ3n) is 6.71. The minimum absolute atomic E-state index is 0.313. The van der Waals surface area contributed by atoms with Gasteiger partial charge in [-0.05, 0) is 42.8 Å². The molecule has 11 nitrogen and oxygen atoms in total. The summed E-state index contributed by atoms with van der Waals surface area (Å²) in [6.45, 7) is 10.0. The quantitative estimate of drug-likeness (QED) is 0.280. The standard InChI is InChI=1S/C27H36N8O3/c1-3-10-34(24-20-25-29-26(23-5-4-17-38-23)31-35(25)27(28)30-24)16-13-32-11-14-33(15-12-32)21-6-8-22(9-7-21)37-19-18-36-2/h4-9,17,20H,3,10-16,18-19H2,1-2H3,(H2,28,30). The van der Waals surface area contributed by atoms with Gasteiger partial charge in [0.25, 0.3) is 0 Å². The highest BCUT2D eigenvalue weighted by Gasteiger charge is 2.20. The maximum atomic E-state index is 6.27. The number of benzene rings is 1. The van der Waals surface area contributed by atoms with Crippen LogP contribution in [-0.4, -0.2) is 90.6 Å². The van der Waals surface area contributed by atoms with E-state index in [2.05, 4.69) is 48.8 Å². The molecule has 1 aliphatic rings. The normalized spacial score (nSPS) is 14.3. The first-order valence-electron chi connectivity index (χ1n) is 13.2. The molecule has 202 valence electrons. The van der Waals surface area contributed by atoms with Gasteiger partial charge in [0.05, 0.1) is 12.9 Å². The number of hydrogen-bond acceptors (Lipinski definition) is 10. The molecule has 0 amide bonds. The van der Waals surface area contributed by atoms with Crippen LogP contribution in [-0.2, 0) is 4.74 Å². The van der Waals surface area contributed by atoms with E-state index in [1.165, 1.54) is 5.69 Å². The molecule has 2 N–H and O–H groups in total. The van der Waals surface area contributed by atoms with Gasteiger partial charge in [-0.2, -0.15) is 9.50 Å². The van der Waals surface area contributed by atoms with Crippen LogP contribution in [0.15, 0.2) is 53.1 Å². The van der Waals surface area contributed by atoms with Gasteiger partial charge < -0.3 is 29.4 Å². The van der Waals surface area contributed by atoms with Crippen molar-refractivity contribution in [3.63, 3.8) is 0 Å². The Labute approximate surface area is 222 Å². The Kier molecular flexibility index (Phi) is 8.25. The first kappa shape index (κ1) is 25.8. The van der Waals surface area contributed by atoms with Crippen molar-refractivity contribution >= 4 is 23.1 Å². The number of anilines is 3. The Morgan fingerprint density at radius 2 is 1.84 bits per heavy atom. The number of piperazine rings is 1. The van der Waals surface area contributed by atoms with Gasteiger partial charge in [0.15, 0.2) is 11.4 Å². The lowest BCUT2D eigenvalue weighted by atomic mass is 10.2. The molecule has 0 radical (unpaired) electrons. The average Bonchev–Trinajstić information content (AvgIpc) is 3.63. The predicted molar refractivity (Wildman–Crippen MR) is 148 cm³/mol. The molecular formula is C27H36N8O3. The van der Waals surface area contributed by atoms with Crippen molar-refractivity contribution in [2.24, 2.45) is 0 Å². The zero-order valence-corrected chi connectivity index (χ0v) is 22.1. The Balaban J connectivity index is 1.17. The van der Waals surface area contributed by atoms with Crippen LogP contribution >= 0.6 is 0 Å². The van der Waals surface area contributed by atoms with Crippen LogP contribution in [0.25, 0.3) is 17.2 Å². The van der Waals surface area contributed by atoms with E-state index in [0.717, 1.165) is 63.8 Å². The van der Waals surface area contributed by atoms with Crippen LogP contribution in [0.1, 0.15) is 13.3 Å². The molecule has 0 spiro atoms. The zero-order valence-electron chi connectivity index (χ0n) is 22.1. The highest BCUT2D eigenvalue weighted by atomic mass is 16.5. The highest BCUT2D eigenvalue weighted by Crippen LogP contribution is 2.23. The molecule has 1 saturated heterocycles. The third kappa shape index (κ3) is 6.00. The number of nitrogens with zero attached hydrogens (tertiary/aromatic N) is 7. The Hall–Kier alpha value is -3.83. The average molecular weight is 521 g/mol. The summed E-state index contributed by atoms with van der Waals surface area (Å²) in [7, 11) is 1.68. The molecule has 5 rings (SSSR count). The summed E-state index contributed by atoms with van der Waals surface area (Å²) in [6, 6.07) is 13.9. The lowest BCUT2D eigenvalue weighted by Gasteiger charge is -2.37. The summed E-state index contributed by atoms with van der Waals surface area (Å²) in [5, 5.41) is 4.45. The monoisotopic (exact) mass is 520 g/mol. The lowest BCUT2D eigenvalue weighted by molar-refractivity contribution is 0.146. The van der Waals surface area contributed by atoms with Crippen molar-refractivity contribution in [1.29, 1.82) is 0 Å². The number of furan rings is 1. The van der Waals surface area contributed by atoms with E-state index in [0.29, 0.717) is 36.4 Å². The van der Waals surface area contributed by atoms with Crippen LogP contribution in [0.5, 0.6) is 5.75 Å². The molecule has 4 aromatic rings. The number of rotatable bonds is 12. The molecule has 0 saturated carbocycles. The van der Waals surface area contributed by atoms with Gasteiger partial charge in [0.1, 0.15) is 18.2 Å². The van der Waals surface area contributed by atoms with E-state index in [1.54, 1.807) is 17.9 Å². The predicted octanol–water partition coefficient (Wildman–Crippen LogP) is 3.03. The smallest absolute Gasteiger partial charge is 0.225 e. The van der Waals surface area contributed by atoms with Gasteiger partial charge in [-0.1, -0.05) is 6.92 Å². The fourth-order valence-electron chi connectivity index (χ4n) is 4.67. The molecule has 4 heterocycles. The van der Waals surface area contributed by atoms with Gasteiger partial charge in [0.2, 0.25) is 11.8 Å². The number of methoxy groups -OCH3 is 1. The van der Waals surface area contributed by atoms with Gasteiger partial charge >= 0.3 is 0 Å². The first-order chi connectivity index (χ1) is 18.6. The summed E-state index contributed by atoms with van der Waals surface area (Å²) >= 11 is 0. The molecule has 0 unspecified atom stereocenters. The summed E-state index contributed by atoms with van der Waals surface area (Å²) in [5.74, 6) is 3.10.